The summed E-state index contributed by atoms with van der Waals surface area (Å²) in [4.78, 5) is 0. The summed E-state index contributed by atoms with van der Waals surface area (Å²) in [6.07, 6.45) is -4.75. The molecular formula is C15H11F4NO. The number of fused-ring (bicyclic) bond motifs is 1. The molecule has 1 unspecified atom stereocenters. The maximum atomic E-state index is 12.9. The molecule has 1 aliphatic heterocycles. The molecule has 2 nitrogen and oxygen atoms in total. The molecule has 1 aliphatic rings. The number of alkyl halides is 3. The second kappa shape index (κ2) is 4.95. The Labute approximate surface area is 118 Å². The second-order valence-electron chi connectivity index (χ2n) is 4.75. The Hall–Kier alpha value is -2.24. The van der Waals surface area contributed by atoms with Crippen LogP contribution in [-0.4, -0.2) is 6.54 Å². The van der Waals surface area contributed by atoms with E-state index in [9.17, 15) is 17.6 Å². The van der Waals surface area contributed by atoms with Crippen molar-refractivity contribution in [3.63, 3.8) is 0 Å². The fourth-order valence-electron chi connectivity index (χ4n) is 2.21. The minimum Gasteiger partial charge on any atom is -0.482 e. The van der Waals surface area contributed by atoms with Gasteiger partial charge in [0.25, 0.3) is 0 Å². The zero-order valence-corrected chi connectivity index (χ0v) is 10.7. The van der Waals surface area contributed by atoms with Gasteiger partial charge in [-0.05, 0) is 35.9 Å². The first-order chi connectivity index (χ1) is 9.93. The maximum Gasteiger partial charge on any atom is 0.416 e. The Morgan fingerprint density at radius 2 is 1.76 bits per heavy atom. The van der Waals surface area contributed by atoms with Gasteiger partial charge in [0.15, 0.2) is 0 Å². The summed E-state index contributed by atoms with van der Waals surface area (Å²) in [5.74, 6) is 0.00122. The molecule has 0 aromatic heterocycles. The molecule has 2 aromatic rings. The fourth-order valence-corrected chi connectivity index (χ4v) is 2.21. The second-order valence-corrected chi connectivity index (χ2v) is 4.75. The third-order valence-electron chi connectivity index (χ3n) is 3.30. The number of nitrogens with one attached hydrogen (secondary N) is 1. The molecule has 0 radical (unpaired) electrons. The monoisotopic (exact) mass is 297 g/mol. The number of halogens is 4. The van der Waals surface area contributed by atoms with Crippen LogP contribution in [0.3, 0.4) is 0 Å². The van der Waals surface area contributed by atoms with Gasteiger partial charge in [0.05, 0.1) is 17.8 Å². The van der Waals surface area contributed by atoms with Crippen LogP contribution in [0, 0.1) is 5.82 Å². The van der Waals surface area contributed by atoms with Gasteiger partial charge in [-0.15, -0.1) is 0 Å². The molecule has 3 rings (SSSR count). The van der Waals surface area contributed by atoms with Crippen LogP contribution in [0.1, 0.15) is 17.2 Å². The molecule has 1 N–H and O–H groups in total. The normalized spacial score (nSPS) is 17.6. The van der Waals surface area contributed by atoms with Gasteiger partial charge < -0.3 is 10.1 Å². The van der Waals surface area contributed by atoms with Crippen molar-refractivity contribution in [2.45, 2.75) is 12.3 Å². The molecule has 110 valence electrons. The van der Waals surface area contributed by atoms with Crippen molar-refractivity contribution in [3.8, 4) is 5.75 Å². The van der Waals surface area contributed by atoms with Gasteiger partial charge in [0.1, 0.15) is 17.7 Å². The van der Waals surface area contributed by atoms with Crippen molar-refractivity contribution in [3.05, 3.63) is 59.4 Å². The summed E-state index contributed by atoms with van der Waals surface area (Å²) in [5, 5.41) is 2.92. The highest BCUT2D eigenvalue weighted by Gasteiger charge is 2.32. The van der Waals surface area contributed by atoms with Crippen LogP contribution in [0.2, 0.25) is 0 Å². The van der Waals surface area contributed by atoms with E-state index in [1.165, 1.54) is 18.2 Å². The van der Waals surface area contributed by atoms with E-state index in [1.54, 1.807) is 12.1 Å². The minimum atomic E-state index is -4.38. The van der Waals surface area contributed by atoms with E-state index in [-0.39, 0.29) is 11.9 Å². The Kier molecular flexibility index (Phi) is 3.23. The summed E-state index contributed by atoms with van der Waals surface area (Å²) in [5.41, 5.74) is 0.343. The van der Waals surface area contributed by atoms with E-state index in [0.29, 0.717) is 18.0 Å². The number of hydrogen-bond donors (Lipinski definition) is 1. The number of hydrogen-bond acceptors (Lipinski definition) is 2. The number of rotatable bonds is 1. The van der Waals surface area contributed by atoms with Gasteiger partial charge in [0.2, 0.25) is 0 Å². The topological polar surface area (TPSA) is 21.3 Å². The third-order valence-corrected chi connectivity index (χ3v) is 3.30. The van der Waals surface area contributed by atoms with Crippen LogP contribution in [0.4, 0.5) is 23.2 Å². The molecule has 0 bridgehead atoms. The number of anilines is 1. The molecule has 0 aliphatic carbocycles. The molecule has 21 heavy (non-hydrogen) atoms. The third kappa shape index (κ3) is 2.79. The van der Waals surface area contributed by atoms with Gasteiger partial charge in [-0.1, -0.05) is 12.1 Å². The first kappa shape index (κ1) is 13.7. The Bertz CT molecular complexity index is 652. The van der Waals surface area contributed by atoms with Crippen molar-refractivity contribution in [1.82, 2.24) is 0 Å². The van der Waals surface area contributed by atoms with Gasteiger partial charge in [-0.3, -0.25) is 0 Å². The Morgan fingerprint density at radius 3 is 2.43 bits per heavy atom. The maximum absolute atomic E-state index is 12.9. The van der Waals surface area contributed by atoms with Crippen molar-refractivity contribution in [1.29, 1.82) is 0 Å². The lowest BCUT2D eigenvalue weighted by Gasteiger charge is -2.28. The Balaban J connectivity index is 1.85. The molecule has 0 saturated heterocycles. The summed E-state index contributed by atoms with van der Waals surface area (Å²) >= 11 is 0. The van der Waals surface area contributed by atoms with Crippen LogP contribution >= 0.6 is 0 Å². The highest BCUT2D eigenvalue weighted by molar-refractivity contribution is 5.60. The summed E-state index contributed by atoms with van der Waals surface area (Å²) in [6, 6.07) is 9.13. The van der Waals surface area contributed by atoms with E-state index in [1.807, 2.05) is 0 Å². The number of ether oxygens (including phenoxy) is 1. The largest absolute Gasteiger partial charge is 0.482 e. The lowest BCUT2D eigenvalue weighted by atomic mass is 10.1. The molecular weight excluding hydrogens is 286 g/mol. The standard InChI is InChI=1S/C15H11F4NO/c16-11-4-1-9(2-5-11)14-8-20-12-7-10(15(17,18)19)3-6-13(12)21-14/h1-7,14,20H,8H2. The molecule has 6 heteroatoms. The average Bonchev–Trinajstić information content (AvgIpc) is 2.46. The molecule has 1 heterocycles. The highest BCUT2D eigenvalue weighted by Crippen LogP contribution is 2.39. The lowest BCUT2D eigenvalue weighted by Crippen LogP contribution is -2.24. The van der Waals surface area contributed by atoms with Crippen molar-refractivity contribution < 1.29 is 22.3 Å². The Morgan fingerprint density at radius 1 is 1.05 bits per heavy atom. The summed E-state index contributed by atoms with van der Waals surface area (Å²) < 4.78 is 56.5. The average molecular weight is 297 g/mol. The van der Waals surface area contributed by atoms with Crippen molar-refractivity contribution in [2.75, 3.05) is 11.9 Å². The molecule has 0 fully saturated rings. The van der Waals surface area contributed by atoms with Crippen LogP contribution in [-0.2, 0) is 6.18 Å². The van der Waals surface area contributed by atoms with E-state index in [2.05, 4.69) is 5.32 Å². The highest BCUT2D eigenvalue weighted by atomic mass is 19.4. The first-order valence-electron chi connectivity index (χ1n) is 6.31. The fraction of sp³-hybridized carbons (Fsp3) is 0.200. The SMILES string of the molecule is Fc1ccc(C2CNc3cc(C(F)(F)F)ccc3O2)cc1. The lowest BCUT2D eigenvalue weighted by molar-refractivity contribution is -0.137. The molecule has 0 spiro atoms. The number of benzene rings is 2. The van der Waals surface area contributed by atoms with Gasteiger partial charge >= 0.3 is 6.18 Å². The van der Waals surface area contributed by atoms with Gasteiger partial charge in [-0.2, -0.15) is 13.2 Å². The first-order valence-corrected chi connectivity index (χ1v) is 6.31. The van der Waals surface area contributed by atoms with Gasteiger partial charge in [-0.25, -0.2) is 4.39 Å². The predicted octanol–water partition coefficient (Wildman–Crippen LogP) is 4.39. The quantitative estimate of drug-likeness (QED) is 0.788. The molecule has 2 aromatic carbocycles. The molecule has 1 atom stereocenters. The summed E-state index contributed by atoms with van der Waals surface area (Å²) in [6.45, 7) is 0.319. The zero-order valence-electron chi connectivity index (χ0n) is 10.7. The zero-order chi connectivity index (χ0) is 15.0. The summed E-state index contributed by atoms with van der Waals surface area (Å²) in [7, 11) is 0. The van der Waals surface area contributed by atoms with E-state index in [4.69, 9.17) is 4.74 Å². The van der Waals surface area contributed by atoms with Crippen molar-refractivity contribution >= 4 is 5.69 Å². The van der Waals surface area contributed by atoms with Crippen LogP contribution in [0.25, 0.3) is 0 Å². The van der Waals surface area contributed by atoms with Crippen LogP contribution < -0.4 is 10.1 Å². The van der Waals surface area contributed by atoms with E-state index in [0.717, 1.165) is 17.7 Å². The molecule has 0 saturated carbocycles. The van der Waals surface area contributed by atoms with Crippen LogP contribution in [0.5, 0.6) is 5.75 Å². The molecule has 0 amide bonds. The van der Waals surface area contributed by atoms with Crippen molar-refractivity contribution in [2.24, 2.45) is 0 Å². The van der Waals surface area contributed by atoms with Gasteiger partial charge in [0, 0.05) is 0 Å². The smallest absolute Gasteiger partial charge is 0.416 e. The predicted molar refractivity (Wildman–Crippen MR) is 69.7 cm³/mol. The van der Waals surface area contributed by atoms with E-state index >= 15 is 0 Å². The minimum absolute atomic E-state index is 0.309. The van der Waals surface area contributed by atoms with E-state index < -0.39 is 11.7 Å². The van der Waals surface area contributed by atoms with Crippen LogP contribution in [0.15, 0.2) is 42.5 Å².